The summed E-state index contributed by atoms with van der Waals surface area (Å²) in [5, 5.41) is -0.435. The number of hydrogen-bond acceptors (Lipinski definition) is 2. The molecule has 3 aromatic rings. The lowest BCUT2D eigenvalue weighted by Crippen LogP contribution is -2.06. The second kappa shape index (κ2) is 3.38. The minimum atomic E-state index is -0.707. The number of fused-ring (bicyclic) bond motifs is 2. The van der Waals surface area contributed by atoms with Crippen LogP contribution in [0.15, 0.2) is 45.6 Å². The van der Waals surface area contributed by atoms with E-state index in [1.54, 1.807) is 0 Å². The third-order valence-electron chi connectivity index (χ3n) is 2.62. The molecule has 17 heavy (non-hydrogen) atoms. The van der Waals surface area contributed by atoms with E-state index in [9.17, 15) is 13.6 Å². The Bertz CT molecular complexity index is 727. The van der Waals surface area contributed by atoms with E-state index in [4.69, 9.17) is 4.42 Å². The maximum Gasteiger partial charge on any atom is 0.206 e. The Kier molecular flexibility index (Phi) is 1.98. The quantitative estimate of drug-likeness (QED) is 0.557. The molecule has 3 rings (SSSR count). The van der Waals surface area contributed by atoms with Gasteiger partial charge in [-0.3, -0.25) is 4.79 Å². The summed E-state index contributed by atoms with van der Waals surface area (Å²) in [7, 11) is 0. The van der Waals surface area contributed by atoms with Gasteiger partial charge in [0.1, 0.15) is 33.6 Å². The van der Waals surface area contributed by atoms with E-state index in [1.165, 1.54) is 24.3 Å². The molecule has 0 aliphatic rings. The molecule has 0 atom stereocenters. The lowest BCUT2D eigenvalue weighted by molar-refractivity contribution is 0.614. The molecule has 1 heterocycles. The van der Waals surface area contributed by atoms with Crippen LogP contribution in [0, 0.1) is 11.6 Å². The summed E-state index contributed by atoms with van der Waals surface area (Å²) < 4.78 is 32.4. The van der Waals surface area contributed by atoms with Crippen molar-refractivity contribution in [2.45, 2.75) is 0 Å². The van der Waals surface area contributed by atoms with Crippen molar-refractivity contribution in [1.82, 2.24) is 0 Å². The summed E-state index contributed by atoms with van der Waals surface area (Å²) in [6.07, 6.45) is 0. The van der Waals surface area contributed by atoms with E-state index >= 15 is 0 Å². The number of hydrogen-bond donors (Lipinski definition) is 0. The van der Waals surface area contributed by atoms with E-state index in [-0.39, 0.29) is 21.9 Å². The minimum Gasteiger partial charge on any atom is -0.456 e. The summed E-state index contributed by atoms with van der Waals surface area (Å²) in [6.45, 7) is 0. The summed E-state index contributed by atoms with van der Waals surface area (Å²) in [5.41, 5.74) is -0.446. The van der Waals surface area contributed by atoms with Crippen LogP contribution in [0.2, 0.25) is 0 Å². The van der Waals surface area contributed by atoms with Crippen molar-refractivity contribution in [2.24, 2.45) is 0 Å². The van der Waals surface area contributed by atoms with Gasteiger partial charge in [-0.1, -0.05) is 12.1 Å². The molecule has 0 aliphatic carbocycles. The van der Waals surface area contributed by atoms with Crippen LogP contribution in [0.4, 0.5) is 8.78 Å². The van der Waals surface area contributed by atoms with Gasteiger partial charge in [-0.15, -0.1) is 0 Å². The maximum absolute atomic E-state index is 13.5. The molecule has 84 valence electrons. The van der Waals surface area contributed by atoms with Crippen molar-refractivity contribution in [3.63, 3.8) is 0 Å². The second-order valence-electron chi connectivity index (χ2n) is 3.66. The van der Waals surface area contributed by atoms with Crippen LogP contribution in [0.25, 0.3) is 21.9 Å². The van der Waals surface area contributed by atoms with E-state index in [2.05, 4.69) is 0 Å². The van der Waals surface area contributed by atoms with E-state index < -0.39 is 17.1 Å². The second-order valence-corrected chi connectivity index (χ2v) is 3.66. The van der Waals surface area contributed by atoms with Gasteiger partial charge in [0.15, 0.2) is 0 Å². The zero-order valence-electron chi connectivity index (χ0n) is 8.54. The highest BCUT2D eigenvalue weighted by molar-refractivity contribution is 5.90. The van der Waals surface area contributed by atoms with Crippen molar-refractivity contribution in [3.05, 3.63) is 58.3 Å². The van der Waals surface area contributed by atoms with Crippen molar-refractivity contribution in [3.8, 4) is 0 Å². The van der Waals surface area contributed by atoms with Gasteiger partial charge in [-0.05, 0) is 24.3 Å². The fourth-order valence-electron chi connectivity index (χ4n) is 1.86. The third kappa shape index (κ3) is 1.34. The number of rotatable bonds is 0. The first-order valence-electron chi connectivity index (χ1n) is 4.98. The largest absolute Gasteiger partial charge is 0.456 e. The molecule has 2 aromatic carbocycles. The van der Waals surface area contributed by atoms with Gasteiger partial charge in [-0.25, -0.2) is 8.78 Å². The summed E-state index contributed by atoms with van der Waals surface area (Å²) in [5.74, 6) is -1.41. The summed E-state index contributed by atoms with van der Waals surface area (Å²) in [4.78, 5) is 12.0. The Balaban J connectivity index is 2.69. The molecule has 0 radical (unpaired) electrons. The molecule has 2 nitrogen and oxygen atoms in total. The van der Waals surface area contributed by atoms with E-state index in [0.29, 0.717) is 0 Å². The molecular formula is C13H6F2O2. The number of halogens is 2. The monoisotopic (exact) mass is 232 g/mol. The van der Waals surface area contributed by atoms with Crippen LogP contribution in [0.1, 0.15) is 0 Å². The normalized spacial score (nSPS) is 11.2. The van der Waals surface area contributed by atoms with Crippen LogP contribution in [0.5, 0.6) is 0 Å². The average Bonchev–Trinajstić information content (AvgIpc) is 2.28. The van der Waals surface area contributed by atoms with Crippen molar-refractivity contribution >= 4 is 21.9 Å². The number of benzene rings is 2. The highest BCUT2D eigenvalue weighted by Gasteiger charge is 2.13. The van der Waals surface area contributed by atoms with Gasteiger partial charge in [0.05, 0.1) is 0 Å². The molecule has 0 amide bonds. The maximum atomic E-state index is 13.5. The molecule has 0 unspecified atom stereocenters. The van der Waals surface area contributed by atoms with Crippen molar-refractivity contribution < 1.29 is 13.2 Å². The van der Waals surface area contributed by atoms with Crippen LogP contribution < -0.4 is 5.43 Å². The third-order valence-corrected chi connectivity index (χ3v) is 2.62. The first kappa shape index (κ1) is 9.96. The molecule has 0 bridgehead atoms. The fourth-order valence-corrected chi connectivity index (χ4v) is 1.86. The SMILES string of the molecule is O=c1c2c(F)cccc2oc2cccc(F)c12. The molecule has 1 aromatic heterocycles. The van der Waals surface area contributed by atoms with Crippen molar-refractivity contribution in [2.75, 3.05) is 0 Å². The van der Waals surface area contributed by atoms with Gasteiger partial charge in [-0.2, -0.15) is 0 Å². The van der Waals surface area contributed by atoms with E-state index in [1.807, 2.05) is 0 Å². The zero-order chi connectivity index (χ0) is 12.0. The molecule has 0 aliphatic heterocycles. The van der Waals surface area contributed by atoms with Gasteiger partial charge < -0.3 is 4.42 Å². The first-order valence-corrected chi connectivity index (χ1v) is 4.98. The summed E-state index contributed by atoms with van der Waals surface area (Å²) >= 11 is 0. The molecule has 0 saturated heterocycles. The van der Waals surface area contributed by atoms with Crippen LogP contribution in [0.3, 0.4) is 0 Å². The Labute approximate surface area is 94.1 Å². The van der Waals surface area contributed by atoms with E-state index in [0.717, 1.165) is 12.1 Å². The lowest BCUT2D eigenvalue weighted by Gasteiger charge is -2.02. The Morgan fingerprint density at radius 2 is 1.29 bits per heavy atom. The Hall–Kier alpha value is -2.23. The van der Waals surface area contributed by atoms with Crippen molar-refractivity contribution in [1.29, 1.82) is 0 Å². The first-order chi connectivity index (χ1) is 8.18. The van der Waals surface area contributed by atoms with Crippen LogP contribution >= 0.6 is 0 Å². The molecule has 4 heteroatoms. The predicted molar refractivity (Wildman–Crippen MR) is 59.9 cm³/mol. The Morgan fingerprint density at radius 1 is 0.824 bits per heavy atom. The molecule has 0 spiro atoms. The van der Waals surface area contributed by atoms with Crippen LogP contribution in [-0.4, -0.2) is 0 Å². The Morgan fingerprint density at radius 3 is 1.76 bits per heavy atom. The van der Waals surface area contributed by atoms with Gasteiger partial charge in [0.2, 0.25) is 5.43 Å². The average molecular weight is 232 g/mol. The molecule has 0 fully saturated rings. The van der Waals surface area contributed by atoms with Crippen LogP contribution in [-0.2, 0) is 0 Å². The summed E-state index contributed by atoms with van der Waals surface area (Å²) in [6, 6.07) is 8.11. The standard InChI is InChI=1S/C13H6F2O2/c14-7-3-1-5-9-11(7)13(16)12-8(15)4-2-6-10(12)17-9/h1-6H. The zero-order valence-corrected chi connectivity index (χ0v) is 8.54. The molecule has 0 N–H and O–H groups in total. The molecule has 0 saturated carbocycles. The lowest BCUT2D eigenvalue weighted by atomic mass is 10.1. The minimum absolute atomic E-state index is 0.119. The van der Waals surface area contributed by atoms with Gasteiger partial charge in [0.25, 0.3) is 0 Å². The van der Waals surface area contributed by atoms with Gasteiger partial charge >= 0.3 is 0 Å². The highest BCUT2D eigenvalue weighted by Crippen LogP contribution is 2.21. The smallest absolute Gasteiger partial charge is 0.206 e. The topological polar surface area (TPSA) is 30.2 Å². The fraction of sp³-hybridized carbons (Fsp3) is 0. The van der Waals surface area contributed by atoms with Gasteiger partial charge in [0, 0.05) is 0 Å². The predicted octanol–water partition coefficient (Wildman–Crippen LogP) is 3.22. The highest BCUT2D eigenvalue weighted by atomic mass is 19.1. The molecular weight excluding hydrogens is 226 g/mol.